The summed E-state index contributed by atoms with van der Waals surface area (Å²) in [7, 11) is 1.39. The van der Waals surface area contributed by atoms with Crippen LogP contribution in [-0.2, 0) is 19.1 Å². The third-order valence-corrected chi connectivity index (χ3v) is 5.77. The molecule has 1 heterocycles. The van der Waals surface area contributed by atoms with Crippen LogP contribution < -0.4 is 5.32 Å². The van der Waals surface area contributed by atoms with Gasteiger partial charge in [0.2, 0.25) is 5.91 Å². The van der Waals surface area contributed by atoms with Crippen LogP contribution in [0.1, 0.15) is 50.6 Å². The molecule has 1 aromatic rings. The zero-order chi connectivity index (χ0) is 19.3. The van der Waals surface area contributed by atoms with Gasteiger partial charge in [-0.15, -0.1) is 0 Å². The summed E-state index contributed by atoms with van der Waals surface area (Å²) in [5.74, 6) is -0.456. The first-order valence-electron chi connectivity index (χ1n) is 9.83. The van der Waals surface area contributed by atoms with Crippen LogP contribution in [0, 0.1) is 0 Å². The second kappa shape index (κ2) is 8.85. The minimum absolute atomic E-state index is 0.0288. The van der Waals surface area contributed by atoms with Gasteiger partial charge in [-0.2, -0.15) is 0 Å². The molecule has 27 heavy (non-hydrogen) atoms. The van der Waals surface area contributed by atoms with Crippen molar-refractivity contribution in [3.63, 3.8) is 0 Å². The fraction of sp³-hybridized carbons (Fsp3) is 0.619. The third-order valence-electron chi connectivity index (χ3n) is 5.77. The number of nitrogens with one attached hydrogen (secondary N) is 1. The molecule has 2 unspecified atom stereocenters. The van der Waals surface area contributed by atoms with Crippen LogP contribution in [-0.4, -0.2) is 55.2 Å². The fourth-order valence-corrected chi connectivity index (χ4v) is 4.28. The average Bonchev–Trinajstić information content (AvgIpc) is 2.70. The van der Waals surface area contributed by atoms with Crippen molar-refractivity contribution in [3.8, 4) is 0 Å². The zero-order valence-corrected chi connectivity index (χ0v) is 16.3. The van der Waals surface area contributed by atoms with E-state index in [-0.39, 0.29) is 30.5 Å². The van der Waals surface area contributed by atoms with E-state index in [1.54, 1.807) is 0 Å². The monoisotopic (exact) mass is 374 g/mol. The number of morpholine rings is 1. The molecular formula is C21H30N2O4. The summed E-state index contributed by atoms with van der Waals surface area (Å²) in [5, 5.41) is 3.03. The molecule has 1 aliphatic heterocycles. The standard InChI is InChI=1S/C21H30N2O4/c1-16-14-27-15-18(17-9-5-3-6-10-17)23(16)13-19(24)22-21(20(25)26-2)11-7-4-8-12-21/h3,5-6,9-10,16,18H,4,7-8,11-15H2,1-2H3,(H,22,24). The predicted molar refractivity (Wildman–Crippen MR) is 102 cm³/mol. The van der Waals surface area contributed by atoms with Gasteiger partial charge in [0.15, 0.2) is 0 Å². The lowest BCUT2D eigenvalue weighted by atomic mass is 9.81. The smallest absolute Gasteiger partial charge is 0.331 e. The summed E-state index contributed by atoms with van der Waals surface area (Å²) in [5.41, 5.74) is 0.263. The van der Waals surface area contributed by atoms with Crippen molar-refractivity contribution in [1.82, 2.24) is 10.2 Å². The van der Waals surface area contributed by atoms with Crippen LogP contribution in [0.15, 0.2) is 30.3 Å². The number of benzene rings is 1. The normalized spacial score (nSPS) is 25.6. The summed E-state index contributed by atoms with van der Waals surface area (Å²) in [6.07, 6.45) is 4.23. The molecule has 0 spiro atoms. The molecule has 2 fully saturated rings. The number of rotatable bonds is 5. The van der Waals surface area contributed by atoms with Crippen molar-refractivity contribution >= 4 is 11.9 Å². The molecule has 0 radical (unpaired) electrons. The first-order valence-corrected chi connectivity index (χ1v) is 9.83. The highest BCUT2D eigenvalue weighted by molar-refractivity contribution is 5.89. The number of hydrogen-bond donors (Lipinski definition) is 1. The van der Waals surface area contributed by atoms with E-state index < -0.39 is 5.54 Å². The Kier molecular flexibility index (Phi) is 6.50. The first-order chi connectivity index (χ1) is 13.1. The maximum atomic E-state index is 12.9. The van der Waals surface area contributed by atoms with Crippen molar-refractivity contribution in [2.45, 2.75) is 56.7 Å². The molecule has 1 aliphatic carbocycles. The minimum Gasteiger partial charge on any atom is -0.467 e. The number of methoxy groups -OCH3 is 1. The molecule has 1 amide bonds. The Bertz CT molecular complexity index is 643. The van der Waals surface area contributed by atoms with Gasteiger partial charge >= 0.3 is 5.97 Å². The molecule has 3 rings (SSSR count). The summed E-state index contributed by atoms with van der Waals surface area (Å²) < 4.78 is 10.7. The quantitative estimate of drug-likeness (QED) is 0.802. The lowest BCUT2D eigenvalue weighted by Gasteiger charge is -2.41. The van der Waals surface area contributed by atoms with E-state index in [9.17, 15) is 9.59 Å². The third kappa shape index (κ3) is 4.50. The topological polar surface area (TPSA) is 67.9 Å². The van der Waals surface area contributed by atoms with Gasteiger partial charge in [-0.05, 0) is 25.3 Å². The Morgan fingerprint density at radius 2 is 1.89 bits per heavy atom. The number of amides is 1. The van der Waals surface area contributed by atoms with Crippen LogP contribution in [0.25, 0.3) is 0 Å². The van der Waals surface area contributed by atoms with Crippen molar-refractivity contribution in [1.29, 1.82) is 0 Å². The van der Waals surface area contributed by atoms with Crippen LogP contribution >= 0.6 is 0 Å². The summed E-state index contributed by atoms with van der Waals surface area (Å²) >= 11 is 0. The van der Waals surface area contributed by atoms with E-state index >= 15 is 0 Å². The zero-order valence-electron chi connectivity index (χ0n) is 16.3. The van der Waals surface area contributed by atoms with E-state index in [0.29, 0.717) is 26.1 Å². The van der Waals surface area contributed by atoms with E-state index in [1.165, 1.54) is 7.11 Å². The molecule has 1 saturated heterocycles. The summed E-state index contributed by atoms with van der Waals surface area (Å²) in [6.45, 7) is 3.46. The van der Waals surface area contributed by atoms with Gasteiger partial charge in [0, 0.05) is 6.04 Å². The highest BCUT2D eigenvalue weighted by Gasteiger charge is 2.42. The average molecular weight is 374 g/mol. The van der Waals surface area contributed by atoms with Crippen LogP contribution in [0.4, 0.5) is 0 Å². The van der Waals surface area contributed by atoms with E-state index in [2.05, 4.69) is 29.3 Å². The maximum absolute atomic E-state index is 12.9. The fourth-order valence-electron chi connectivity index (χ4n) is 4.28. The van der Waals surface area contributed by atoms with Gasteiger partial charge < -0.3 is 14.8 Å². The largest absolute Gasteiger partial charge is 0.467 e. The lowest BCUT2D eigenvalue weighted by molar-refractivity contribution is -0.153. The maximum Gasteiger partial charge on any atom is 0.331 e. The van der Waals surface area contributed by atoms with Gasteiger partial charge in [-0.3, -0.25) is 9.69 Å². The molecule has 2 aliphatic rings. The van der Waals surface area contributed by atoms with Crippen LogP contribution in [0.3, 0.4) is 0 Å². The Labute approximate surface area is 161 Å². The molecule has 1 saturated carbocycles. The van der Waals surface area contributed by atoms with Crippen LogP contribution in [0.2, 0.25) is 0 Å². The second-order valence-electron chi connectivity index (χ2n) is 7.67. The number of esters is 1. The molecule has 2 atom stereocenters. The Morgan fingerprint density at radius 1 is 1.19 bits per heavy atom. The number of nitrogens with zero attached hydrogens (tertiary/aromatic N) is 1. The van der Waals surface area contributed by atoms with Crippen LogP contribution in [0.5, 0.6) is 0 Å². The first kappa shape index (κ1) is 19.8. The lowest BCUT2D eigenvalue weighted by Crippen LogP contribution is -2.59. The highest BCUT2D eigenvalue weighted by Crippen LogP contribution is 2.30. The highest BCUT2D eigenvalue weighted by atomic mass is 16.5. The van der Waals surface area contributed by atoms with E-state index in [0.717, 1.165) is 24.8 Å². The van der Waals surface area contributed by atoms with E-state index in [4.69, 9.17) is 9.47 Å². The Balaban J connectivity index is 1.73. The van der Waals surface area contributed by atoms with Gasteiger partial charge in [0.1, 0.15) is 5.54 Å². The number of ether oxygens (including phenoxy) is 2. The molecule has 1 N–H and O–H groups in total. The SMILES string of the molecule is COC(=O)C1(NC(=O)CN2C(C)COCC2c2ccccc2)CCCCC1. The van der Waals surface area contributed by atoms with Gasteiger partial charge in [0.25, 0.3) is 0 Å². The van der Waals surface area contributed by atoms with Crippen molar-refractivity contribution in [3.05, 3.63) is 35.9 Å². The van der Waals surface area contributed by atoms with Gasteiger partial charge in [0.05, 0.1) is 32.9 Å². The number of carbonyl (C=O) groups is 2. The predicted octanol–water partition coefficient (Wildman–Crippen LogP) is 2.44. The molecule has 6 nitrogen and oxygen atoms in total. The summed E-state index contributed by atoms with van der Waals surface area (Å²) in [6, 6.07) is 10.3. The van der Waals surface area contributed by atoms with E-state index in [1.807, 2.05) is 18.2 Å². The summed E-state index contributed by atoms with van der Waals surface area (Å²) in [4.78, 5) is 27.5. The molecular weight excluding hydrogens is 344 g/mol. The Hall–Kier alpha value is -1.92. The van der Waals surface area contributed by atoms with Crippen molar-refractivity contribution in [2.75, 3.05) is 26.9 Å². The number of carbonyl (C=O) groups excluding carboxylic acids is 2. The number of hydrogen-bond acceptors (Lipinski definition) is 5. The molecule has 1 aromatic carbocycles. The molecule has 6 heteroatoms. The Morgan fingerprint density at radius 3 is 2.56 bits per heavy atom. The van der Waals surface area contributed by atoms with Crippen molar-refractivity contribution < 1.29 is 19.1 Å². The van der Waals surface area contributed by atoms with Gasteiger partial charge in [-0.25, -0.2) is 4.79 Å². The van der Waals surface area contributed by atoms with Crippen molar-refractivity contribution in [2.24, 2.45) is 0 Å². The van der Waals surface area contributed by atoms with Gasteiger partial charge in [-0.1, -0.05) is 49.6 Å². The minimum atomic E-state index is -0.873. The molecule has 148 valence electrons. The second-order valence-corrected chi connectivity index (χ2v) is 7.67. The molecule has 0 bridgehead atoms. The molecule has 0 aromatic heterocycles.